The SMILES string of the molecule is CC(C)c1ccc(/C=N/NC(=O)C(NC(=O)c2ccccc2Cl)C(C)C)cc1. The molecule has 2 rings (SSSR count). The van der Waals surface area contributed by atoms with E-state index in [2.05, 4.69) is 29.7 Å². The van der Waals surface area contributed by atoms with E-state index in [1.807, 2.05) is 38.1 Å². The Morgan fingerprint density at radius 1 is 1.00 bits per heavy atom. The minimum absolute atomic E-state index is 0.119. The van der Waals surface area contributed by atoms with Crippen LogP contribution in [0.15, 0.2) is 53.6 Å². The largest absolute Gasteiger partial charge is 0.340 e. The maximum absolute atomic E-state index is 12.5. The molecule has 148 valence electrons. The molecule has 0 aliphatic heterocycles. The van der Waals surface area contributed by atoms with E-state index < -0.39 is 11.9 Å². The first kappa shape index (κ1) is 21.6. The molecule has 0 aliphatic carbocycles. The first-order chi connectivity index (χ1) is 13.3. The van der Waals surface area contributed by atoms with E-state index in [1.54, 1.807) is 30.5 Å². The molecule has 2 amide bonds. The lowest BCUT2D eigenvalue weighted by molar-refractivity contribution is -0.123. The van der Waals surface area contributed by atoms with Gasteiger partial charge in [-0.1, -0.05) is 75.7 Å². The van der Waals surface area contributed by atoms with Crippen LogP contribution in [0, 0.1) is 5.92 Å². The lowest BCUT2D eigenvalue weighted by atomic mass is 10.0. The molecule has 0 saturated carbocycles. The van der Waals surface area contributed by atoms with Crippen LogP contribution in [0.1, 0.15) is 55.1 Å². The summed E-state index contributed by atoms with van der Waals surface area (Å²) in [7, 11) is 0. The highest BCUT2D eigenvalue weighted by Crippen LogP contribution is 2.16. The average molecular weight is 400 g/mol. The van der Waals surface area contributed by atoms with Gasteiger partial charge in [-0.15, -0.1) is 0 Å². The fraction of sp³-hybridized carbons (Fsp3) is 0.318. The first-order valence-corrected chi connectivity index (χ1v) is 9.65. The fourth-order valence-electron chi connectivity index (χ4n) is 2.61. The Morgan fingerprint density at radius 3 is 2.21 bits per heavy atom. The molecular formula is C22H26ClN3O2. The van der Waals surface area contributed by atoms with Gasteiger partial charge in [-0.05, 0) is 35.1 Å². The Bertz CT molecular complexity index is 845. The molecule has 2 aromatic carbocycles. The van der Waals surface area contributed by atoms with Crippen molar-refractivity contribution in [3.05, 3.63) is 70.2 Å². The molecule has 2 aromatic rings. The number of hydrogen-bond acceptors (Lipinski definition) is 3. The van der Waals surface area contributed by atoms with Crippen molar-refractivity contribution >= 4 is 29.6 Å². The third-order valence-corrected chi connectivity index (χ3v) is 4.68. The van der Waals surface area contributed by atoms with Gasteiger partial charge in [0.15, 0.2) is 0 Å². The predicted octanol–water partition coefficient (Wildman–Crippen LogP) is 4.37. The number of amides is 2. The minimum Gasteiger partial charge on any atom is -0.340 e. The maximum atomic E-state index is 12.5. The molecule has 0 heterocycles. The minimum atomic E-state index is -0.732. The van der Waals surface area contributed by atoms with E-state index in [4.69, 9.17) is 11.6 Å². The van der Waals surface area contributed by atoms with Gasteiger partial charge in [0.2, 0.25) is 0 Å². The summed E-state index contributed by atoms with van der Waals surface area (Å²) in [6.45, 7) is 7.97. The number of hydrogen-bond donors (Lipinski definition) is 2. The van der Waals surface area contributed by atoms with Crippen LogP contribution < -0.4 is 10.7 Å². The summed E-state index contributed by atoms with van der Waals surface area (Å²) >= 11 is 6.06. The molecule has 6 heteroatoms. The van der Waals surface area contributed by atoms with Gasteiger partial charge in [-0.3, -0.25) is 9.59 Å². The Balaban J connectivity index is 2.00. The first-order valence-electron chi connectivity index (χ1n) is 9.28. The van der Waals surface area contributed by atoms with Crippen LogP contribution in [0.2, 0.25) is 5.02 Å². The molecule has 1 unspecified atom stereocenters. The third kappa shape index (κ3) is 5.92. The van der Waals surface area contributed by atoms with Gasteiger partial charge in [-0.2, -0.15) is 5.10 Å². The van der Waals surface area contributed by atoms with Gasteiger partial charge in [0.05, 0.1) is 16.8 Å². The van der Waals surface area contributed by atoms with E-state index in [-0.39, 0.29) is 11.8 Å². The molecular weight excluding hydrogens is 374 g/mol. The topological polar surface area (TPSA) is 70.6 Å². The van der Waals surface area contributed by atoms with Crippen molar-refractivity contribution in [2.24, 2.45) is 11.0 Å². The Labute approximate surface area is 171 Å². The highest BCUT2D eigenvalue weighted by atomic mass is 35.5. The van der Waals surface area contributed by atoms with Crippen molar-refractivity contribution in [3.63, 3.8) is 0 Å². The van der Waals surface area contributed by atoms with Gasteiger partial charge in [0, 0.05) is 0 Å². The van der Waals surface area contributed by atoms with Gasteiger partial charge in [0.1, 0.15) is 6.04 Å². The molecule has 0 aromatic heterocycles. The normalized spacial score (nSPS) is 12.4. The third-order valence-electron chi connectivity index (χ3n) is 4.35. The summed E-state index contributed by atoms with van der Waals surface area (Å²) in [6.07, 6.45) is 1.58. The van der Waals surface area contributed by atoms with Gasteiger partial charge in [-0.25, -0.2) is 5.43 Å². The van der Waals surface area contributed by atoms with Crippen LogP contribution in [-0.4, -0.2) is 24.1 Å². The number of carbonyl (C=O) groups excluding carboxylic acids is 2. The number of rotatable bonds is 7. The van der Waals surface area contributed by atoms with Crippen molar-refractivity contribution in [1.82, 2.24) is 10.7 Å². The average Bonchev–Trinajstić information content (AvgIpc) is 2.66. The van der Waals surface area contributed by atoms with Crippen LogP contribution in [0.5, 0.6) is 0 Å². The zero-order valence-electron chi connectivity index (χ0n) is 16.6. The second kappa shape index (κ2) is 10.0. The van der Waals surface area contributed by atoms with Crippen molar-refractivity contribution < 1.29 is 9.59 Å². The van der Waals surface area contributed by atoms with Crippen LogP contribution in [0.3, 0.4) is 0 Å². The van der Waals surface area contributed by atoms with Crippen LogP contribution in [0.25, 0.3) is 0 Å². The summed E-state index contributed by atoms with van der Waals surface area (Å²) in [6, 6.07) is 14.0. The zero-order valence-corrected chi connectivity index (χ0v) is 17.3. The molecule has 28 heavy (non-hydrogen) atoms. The van der Waals surface area contributed by atoms with Crippen LogP contribution >= 0.6 is 11.6 Å². The van der Waals surface area contributed by atoms with E-state index in [0.717, 1.165) is 5.56 Å². The van der Waals surface area contributed by atoms with Crippen molar-refractivity contribution in [3.8, 4) is 0 Å². The molecule has 0 spiro atoms. The summed E-state index contributed by atoms with van der Waals surface area (Å²) in [5.41, 5.74) is 4.95. The molecule has 0 aliphatic rings. The number of benzene rings is 2. The highest BCUT2D eigenvalue weighted by molar-refractivity contribution is 6.33. The molecule has 0 saturated heterocycles. The number of nitrogens with one attached hydrogen (secondary N) is 2. The van der Waals surface area contributed by atoms with E-state index in [0.29, 0.717) is 16.5 Å². The summed E-state index contributed by atoms with van der Waals surface area (Å²) in [4.78, 5) is 25.0. The van der Waals surface area contributed by atoms with Crippen molar-refractivity contribution in [2.75, 3.05) is 0 Å². The van der Waals surface area contributed by atoms with Crippen LogP contribution in [-0.2, 0) is 4.79 Å². The maximum Gasteiger partial charge on any atom is 0.262 e. The predicted molar refractivity (Wildman–Crippen MR) is 114 cm³/mol. The fourth-order valence-corrected chi connectivity index (χ4v) is 2.83. The molecule has 5 nitrogen and oxygen atoms in total. The lowest BCUT2D eigenvalue weighted by Gasteiger charge is -2.20. The zero-order chi connectivity index (χ0) is 20.7. The second-order valence-electron chi connectivity index (χ2n) is 7.23. The number of carbonyl (C=O) groups is 2. The number of halogens is 1. The lowest BCUT2D eigenvalue weighted by Crippen LogP contribution is -2.48. The molecule has 0 radical (unpaired) electrons. The molecule has 1 atom stereocenters. The smallest absolute Gasteiger partial charge is 0.262 e. The van der Waals surface area contributed by atoms with E-state index in [1.165, 1.54) is 5.56 Å². The Morgan fingerprint density at radius 2 is 1.64 bits per heavy atom. The van der Waals surface area contributed by atoms with E-state index >= 15 is 0 Å². The Kier molecular flexibility index (Phi) is 7.76. The van der Waals surface area contributed by atoms with E-state index in [9.17, 15) is 9.59 Å². The molecule has 0 fully saturated rings. The van der Waals surface area contributed by atoms with Gasteiger partial charge < -0.3 is 5.32 Å². The van der Waals surface area contributed by atoms with Gasteiger partial charge >= 0.3 is 0 Å². The van der Waals surface area contributed by atoms with Gasteiger partial charge in [0.25, 0.3) is 11.8 Å². The monoisotopic (exact) mass is 399 g/mol. The highest BCUT2D eigenvalue weighted by Gasteiger charge is 2.25. The molecule has 2 N–H and O–H groups in total. The van der Waals surface area contributed by atoms with Crippen molar-refractivity contribution in [1.29, 1.82) is 0 Å². The summed E-state index contributed by atoms with van der Waals surface area (Å²) in [5, 5.41) is 7.09. The quantitative estimate of drug-likeness (QED) is 0.536. The Hall–Kier alpha value is -2.66. The standard InChI is InChI=1S/C22H26ClN3O2/c1-14(2)17-11-9-16(10-12-17)13-24-26-22(28)20(15(3)4)25-21(27)18-7-5-6-8-19(18)23/h5-15,20H,1-4H3,(H,25,27)(H,26,28)/b24-13+. The number of hydrazone groups is 1. The number of nitrogens with zero attached hydrogens (tertiary/aromatic N) is 1. The van der Waals surface area contributed by atoms with Crippen LogP contribution in [0.4, 0.5) is 0 Å². The summed E-state index contributed by atoms with van der Waals surface area (Å²) in [5.74, 6) is -0.440. The second-order valence-corrected chi connectivity index (χ2v) is 7.64. The van der Waals surface area contributed by atoms with Crippen molar-refractivity contribution in [2.45, 2.75) is 39.7 Å². The summed E-state index contributed by atoms with van der Waals surface area (Å²) < 4.78 is 0. The molecule has 0 bridgehead atoms.